The Balaban J connectivity index is 2.05. The number of nitrogens with one attached hydrogen (secondary N) is 2. The van der Waals surface area contributed by atoms with E-state index in [1.807, 2.05) is 38.1 Å². The van der Waals surface area contributed by atoms with Gasteiger partial charge in [0, 0.05) is 19.7 Å². The molecule has 2 aromatic rings. The summed E-state index contributed by atoms with van der Waals surface area (Å²) < 4.78 is 26.5. The summed E-state index contributed by atoms with van der Waals surface area (Å²) in [5, 5.41) is 5.48. The second-order valence-electron chi connectivity index (χ2n) is 6.91. The zero-order valence-corrected chi connectivity index (χ0v) is 17.9. The summed E-state index contributed by atoms with van der Waals surface area (Å²) in [7, 11) is -2.47. The fourth-order valence-corrected chi connectivity index (χ4v) is 3.97. The first-order valence-corrected chi connectivity index (χ1v) is 10.8. The van der Waals surface area contributed by atoms with Gasteiger partial charge in [-0.3, -0.25) is 9.59 Å². The molecule has 0 aliphatic carbocycles. The number of aryl methyl sites for hydroxylation is 1. The summed E-state index contributed by atoms with van der Waals surface area (Å²) in [6.07, 6.45) is 0.690. The van der Waals surface area contributed by atoms with Crippen LogP contribution in [0.5, 0.6) is 0 Å². The van der Waals surface area contributed by atoms with Crippen LogP contribution in [-0.2, 0) is 19.6 Å². The molecule has 2 rings (SSSR count). The third kappa shape index (κ3) is 6.13. The van der Waals surface area contributed by atoms with Gasteiger partial charge in [-0.25, -0.2) is 8.42 Å². The lowest BCUT2D eigenvalue weighted by Gasteiger charge is -2.21. The number of carbonyl (C=O) groups excluding carboxylic acids is 2. The average Bonchev–Trinajstić information content (AvgIpc) is 2.66. The van der Waals surface area contributed by atoms with E-state index in [0.717, 1.165) is 15.4 Å². The van der Waals surface area contributed by atoms with Gasteiger partial charge in [-0.15, -0.1) is 0 Å². The Bertz CT molecular complexity index is 954. The largest absolute Gasteiger partial charge is 0.348 e. The van der Waals surface area contributed by atoms with E-state index in [4.69, 9.17) is 0 Å². The van der Waals surface area contributed by atoms with Gasteiger partial charge < -0.3 is 10.6 Å². The number of anilines is 1. The zero-order valence-electron chi connectivity index (χ0n) is 17.1. The molecule has 156 valence electrons. The Labute approximate surface area is 172 Å². The lowest BCUT2D eigenvalue weighted by Crippen LogP contribution is -2.39. The van der Waals surface area contributed by atoms with Crippen molar-refractivity contribution in [1.29, 1.82) is 0 Å². The van der Waals surface area contributed by atoms with Crippen molar-refractivity contribution in [1.82, 2.24) is 9.62 Å². The first kappa shape index (κ1) is 22.6. The van der Waals surface area contributed by atoms with Crippen LogP contribution in [0.4, 0.5) is 5.69 Å². The van der Waals surface area contributed by atoms with Crippen LogP contribution in [0.25, 0.3) is 0 Å². The lowest BCUT2D eigenvalue weighted by atomic mass is 10.0. The predicted octanol–water partition coefficient (Wildman–Crippen LogP) is 2.84. The number of sulfonamides is 1. The van der Waals surface area contributed by atoms with Crippen LogP contribution in [0, 0.1) is 6.92 Å². The van der Waals surface area contributed by atoms with E-state index in [-0.39, 0.29) is 29.3 Å². The van der Waals surface area contributed by atoms with Gasteiger partial charge >= 0.3 is 0 Å². The van der Waals surface area contributed by atoms with E-state index < -0.39 is 10.0 Å². The van der Waals surface area contributed by atoms with Crippen LogP contribution in [-0.4, -0.2) is 38.1 Å². The fourth-order valence-electron chi connectivity index (χ4n) is 2.84. The van der Waals surface area contributed by atoms with Crippen LogP contribution in [0.3, 0.4) is 0 Å². The standard InChI is InChI=1S/C21H27N3O4S/c1-5-20(17-8-6-15(2)7-9-17)23-21(26)14-24(4)29(27,28)19-12-10-18(11-13-19)22-16(3)25/h6-13,20H,5,14H2,1-4H3,(H,22,25)(H,23,26)/t20-/m0/s1. The molecule has 0 spiro atoms. The molecule has 0 fully saturated rings. The van der Waals surface area contributed by atoms with E-state index >= 15 is 0 Å². The van der Waals surface area contributed by atoms with Crippen molar-refractivity contribution in [3.05, 3.63) is 59.7 Å². The predicted molar refractivity (Wildman–Crippen MR) is 113 cm³/mol. The minimum Gasteiger partial charge on any atom is -0.348 e. The van der Waals surface area contributed by atoms with Gasteiger partial charge in [0.25, 0.3) is 0 Å². The molecule has 0 radical (unpaired) electrons. The molecule has 7 nitrogen and oxygen atoms in total. The molecule has 0 aliphatic rings. The molecule has 0 saturated carbocycles. The Morgan fingerprint density at radius 2 is 1.62 bits per heavy atom. The van der Waals surface area contributed by atoms with Gasteiger partial charge in [0.1, 0.15) is 0 Å². The van der Waals surface area contributed by atoms with Crippen molar-refractivity contribution in [2.45, 2.75) is 38.1 Å². The van der Waals surface area contributed by atoms with E-state index in [2.05, 4.69) is 10.6 Å². The molecule has 29 heavy (non-hydrogen) atoms. The highest BCUT2D eigenvalue weighted by Crippen LogP contribution is 2.19. The van der Waals surface area contributed by atoms with Gasteiger partial charge in [0.05, 0.1) is 17.5 Å². The van der Waals surface area contributed by atoms with Gasteiger partial charge in [-0.1, -0.05) is 36.8 Å². The van der Waals surface area contributed by atoms with E-state index in [9.17, 15) is 18.0 Å². The van der Waals surface area contributed by atoms with Crippen LogP contribution in [0.15, 0.2) is 53.4 Å². The van der Waals surface area contributed by atoms with Crippen LogP contribution in [0.2, 0.25) is 0 Å². The molecule has 0 heterocycles. The number of likely N-dealkylation sites (N-methyl/N-ethyl adjacent to an activating group) is 1. The topological polar surface area (TPSA) is 95.6 Å². The van der Waals surface area contributed by atoms with Gasteiger partial charge in [0.2, 0.25) is 21.8 Å². The van der Waals surface area contributed by atoms with Crippen LogP contribution >= 0.6 is 0 Å². The molecule has 0 aromatic heterocycles. The highest BCUT2D eigenvalue weighted by atomic mass is 32.2. The summed E-state index contributed by atoms with van der Waals surface area (Å²) >= 11 is 0. The van der Waals surface area contributed by atoms with Crippen molar-refractivity contribution >= 4 is 27.5 Å². The van der Waals surface area contributed by atoms with Crippen molar-refractivity contribution in [2.75, 3.05) is 18.9 Å². The number of nitrogens with zero attached hydrogens (tertiary/aromatic N) is 1. The summed E-state index contributed by atoms with van der Waals surface area (Å²) in [4.78, 5) is 23.6. The van der Waals surface area contributed by atoms with Gasteiger partial charge in [-0.2, -0.15) is 4.31 Å². The highest BCUT2D eigenvalue weighted by molar-refractivity contribution is 7.89. The summed E-state index contributed by atoms with van der Waals surface area (Å²) in [6, 6.07) is 13.5. The molecular formula is C21H27N3O4S. The molecule has 2 aromatic carbocycles. The highest BCUT2D eigenvalue weighted by Gasteiger charge is 2.24. The maximum Gasteiger partial charge on any atom is 0.243 e. The molecule has 2 N–H and O–H groups in total. The number of hydrogen-bond acceptors (Lipinski definition) is 4. The Morgan fingerprint density at radius 3 is 2.14 bits per heavy atom. The molecule has 2 amide bonds. The SMILES string of the molecule is CC[C@H](NC(=O)CN(C)S(=O)(=O)c1ccc(NC(C)=O)cc1)c1ccc(C)cc1. The number of hydrogen-bond donors (Lipinski definition) is 2. The maximum absolute atomic E-state index is 12.7. The first-order chi connectivity index (χ1) is 13.6. The van der Waals surface area contributed by atoms with Crippen LogP contribution in [0.1, 0.15) is 37.4 Å². The molecule has 8 heteroatoms. The van der Waals surface area contributed by atoms with E-state index in [1.165, 1.54) is 38.2 Å². The smallest absolute Gasteiger partial charge is 0.243 e. The van der Waals surface area contributed by atoms with Crippen molar-refractivity contribution < 1.29 is 18.0 Å². The van der Waals surface area contributed by atoms with Crippen LogP contribution < -0.4 is 10.6 Å². The third-order valence-electron chi connectivity index (χ3n) is 4.47. The van der Waals surface area contributed by atoms with Crippen molar-refractivity contribution in [3.8, 4) is 0 Å². The zero-order chi connectivity index (χ0) is 21.6. The minimum atomic E-state index is -3.83. The Morgan fingerprint density at radius 1 is 1.03 bits per heavy atom. The molecular weight excluding hydrogens is 390 g/mol. The van der Waals surface area contributed by atoms with E-state index in [0.29, 0.717) is 12.1 Å². The molecule has 0 unspecified atom stereocenters. The quantitative estimate of drug-likeness (QED) is 0.690. The molecule has 0 aliphatic heterocycles. The fraction of sp³-hybridized carbons (Fsp3) is 0.333. The second-order valence-corrected chi connectivity index (χ2v) is 8.95. The van der Waals surface area contributed by atoms with E-state index in [1.54, 1.807) is 0 Å². The first-order valence-electron chi connectivity index (χ1n) is 9.33. The summed E-state index contributed by atoms with van der Waals surface area (Å²) in [5.74, 6) is -0.619. The molecule has 0 saturated heterocycles. The third-order valence-corrected chi connectivity index (χ3v) is 6.29. The second kappa shape index (κ2) is 9.67. The number of carbonyl (C=O) groups is 2. The van der Waals surface area contributed by atoms with Crippen molar-refractivity contribution in [3.63, 3.8) is 0 Å². The number of benzene rings is 2. The minimum absolute atomic E-state index is 0.0486. The normalized spacial score (nSPS) is 12.4. The average molecular weight is 418 g/mol. The monoisotopic (exact) mass is 417 g/mol. The van der Waals surface area contributed by atoms with Crippen molar-refractivity contribution in [2.24, 2.45) is 0 Å². The maximum atomic E-state index is 12.7. The Hall–Kier alpha value is -2.71. The summed E-state index contributed by atoms with van der Waals surface area (Å²) in [6.45, 7) is 5.03. The molecule has 1 atom stereocenters. The number of rotatable bonds is 8. The Kier molecular flexibility index (Phi) is 7.53. The summed E-state index contributed by atoms with van der Waals surface area (Å²) in [5.41, 5.74) is 2.61. The molecule has 0 bridgehead atoms. The van der Waals surface area contributed by atoms with Gasteiger partial charge in [-0.05, 0) is 43.2 Å². The number of amides is 2. The van der Waals surface area contributed by atoms with Gasteiger partial charge in [0.15, 0.2) is 0 Å². The lowest BCUT2D eigenvalue weighted by molar-refractivity contribution is -0.122.